The average Bonchev–Trinajstić information content (AvgIpc) is 2.94. The fraction of sp³-hybridized carbons (Fsp3) is 0.188. The molecule has 1 amide bonds. The summed E-state index contributed by atoms with van der Waals surface area (Å²) >= 11 is 6.78. The monoisotopic (exact) mass is 472 g/mol. The number of benzene rings is 2. The van der Waals surface area contributed by atoms with Gasteiger partial charge in [0.25, 0.3) is 5.91 Å². The molecule has 8 heteroatoms. The number of hydrogen-bond donors (Lipinski definition) is 1. The first-order valence-corrected chi connectivity index (χ1v) is 10.6. The van der Waals surface area contributed by atoms with Crippen LogP contribution in [-0.4, -0.2) is 27.1 Å². The Bertz CT molecular complexity index is 929. The Kier molecular flexibility index (Phi) is 4.72. The number of nitrogens with zero attached hydrogens (tertiary/aromatic N) is 1. The van der Waals surface area contributed by atoms with E-state index in [9.17, 15) is 13.2 Å². The SMILES string of the molecule is CS(=O)(=O)N1CCc2cc(C(=O)Nc3cc(Br)ccc3Br)ccc21. The zero-order valence-corrected chi connectivity index (χ0v) is 16.7. The normalized spacial score (nSPS) is 13.7. The summed E-state index contributed by atoms with van der Waals surface area (Å²) in [4.78, 5) is 12.5. The van der Waals surface area contributed by atoms with Gasteiger partial charge in [-0.05, 0) is 64.3 Å². The number of carbonyl (C=O) groups is 1. The van der Waals surface area contributed by atoms with E-state index >= 15 is 0 Å². The van der Waals surface area contributed by atoms with Crippen LogP contribution in [0.5, 0.6) is 0 Å². The van der Waals surface area contributed by atoms with Crippen LogP contribution in [0.3, 0.4) is 0 Å². The molecule has 0 aliphatic carbocycles. The van der Waals surface area contributed by atoms with Gasteiger partial charge in [-0.1, -0.05) is 15.9 Å². The lowest BCUT2D eigenvalue weighted by Crippen LogP contribution is -2.27. The van der Waals surface area contributed by atoms with Crippen molar-refractivity contribution in [3.8, 4) is 0 Å². The summed E-state index contributed by atoms with van der Waals surface area (Å²) in [5.74, 6) is -0.241. The van der Waals surface area contributed by atoms with Gasteiger partial charge < -0.3 is 5.32 Å². The van der Waals surface area contributed by atoms with Crippen molar-refractivity contribution in [3.05, 3.63) is 56.5 Å². The molecule has 0 bridgehead atoms. The highest BCUT2D eigenvalue weighted by Gasteiger charge is 2.26. The Balaban J connectivity index is 1.86. The van der Waals surface area contributed by atoms with Gasteiger partial charge in [-0.3, -0.25) is 9.10 Å². The van der Waals surface area contributed by atoms with Gasteiger partial charge >= 0.3 is 0 Å². The maximum absolute atomic E-state index is 12.5. The fourth-order valence-electron chi connectivity index (χ4n) is 2.64. The maximum atomic E-state index is 12.5. The Morgan fingerprint density at radius 3 is 2.62 bits per heavy atom. The molecule has 5 nitrogen and oxygen atoms in total. The average molecular weight is 474 g/mol. The third-order valence-corrected chi connectivity index (χ3v) is 6.14. The summed E-state index contributed by atoms with van der Waals surface area (Å²) in [7, 11) is -3.29. The summed E-state index contributed by atoms with van der Waals surface area (Å²) in [5, 5.41) is 2.85. The van der Waals surface area contributed by atoms with Crippen LogP contribution in [0, 0.1) is 0 Å². The van der Waals surface area contributed by atoms with Crippen LogP contribution in [-0.2, 0) is 16.4 Å². The van der Waals surface area contributed by atoms with Crippen LogP contribution >= 0.6 is 31.9 Å². The first kappa shape index (κ1) is 17.4. The van der Waals surface area contributed by atoms with Crippen molar-refractivity contribution < 1.29 is 13.2 Å². The molecule has 0 spiro atoms. The number of carbonyl (C=O) groups excluding carboxylic acids is 1. The minimum absolute atomic E-state index is 0.241. The largest absolute Gasteiger partial charge is 0.321 e. The number of rotatable bonds is 3. The second-order valence-electron chi connectivity index (χ2n) is 5.51. The second kappa shape index (κ2) is 6.50. The van der Waals surface area contributed by atoms with Gasteiger partial charge in [0.05, 0.1) is 17.6 Å². The van der Waals surface area contributed by atoms with Crippen molar-refractivity contribution in [3.63, 3.8) is 0 Å². The number of fused-ring (bicyclic) bond motifs is 1. The van der Waals surface area contributed by atoms with E-state index in [4.69, 9.17) is 0 Å². The maximum Gasteiger partial charge on any atom is 0.255 e. The molecule has 2 aromatic carbocycles. The summed E-state index contributed by atoms with van der Waals surface area (Å²) in [5.41, 5.74) is 2.67. The fourth-order valence-corrected chi connectivity index (χ4v) is 4.31. The minimum Gasteiger partial charge on any atom is -0.321 e. The van der Waals surface area contributed by atoms with Gasteiger partial charge in [0.15, 0.2) is 0 Å². The van der Waals surface area contributed by atoms with E-state index in [1.54, 1.807) is 24.3 Å². The van der Waals surface area contributed by atoms with Crippen LogP contribution in [0.25, 0.3) is 0 Å². The van der Waals surface area contributed by atoms with Gasteiger partial charge in [-0.25, -0.2) is 8.42 Å². The van der Waals surface area contributed by atoms with Gasteiger partial charge in [-0.15, -0.1) is 0 Å². The number of nitrogens with one attached hydrogen (secondary N) is 1. The Morgan fingerprint density at radius 2 is 1.92 bits per heavy atom. The van der Waals surface area contributed by atoms with Gasteiger partial charge in [0.1, 0.15) is 0 Å². The molecule has 1 aliphatic heterocycles. The lowest BCUT2D eigenvalue weighted by atomic mass is 10.1. The predicted octanol–water partition coefficient (Wildman–Crippen LogP) is 3.79. The van der Waals surface area contributed by atoms with Crippen LogP contribution < -0.4 is 9.62 Å². The van der Waals surface area contributed by atoms with Crippen LogP contribution in [0.2, 0.25) is 0 Å². The van der Waals surface area contributed by atoms with Crippen molar-refractivity contribution in [2.45, 2.75) is 6.42 Å². The van der Waals surface area contributed by atoms with Crippen molar-refractivity contribution in [2.75, 3.05) is 22.4 Å². The zero-order chi connectivity index (χ0) is 17.5. The molecule has 2 aromatic rings. The summed E-state index contributed by atoms with van der Waals surface area (Å²) < 4.78 is 26.5. The molecule has 3 rings (SSSR count). The molecule has 0 unspecified atom stereocenters. The molecule has 0 atom stereocenters. The highest BCUT2D eigenvalue weighted by Crippen LogP contribution is 2.31. The highest BCUT2D eigenvalue weighted by molar-refractivity contribution is 9.11. The standard InChI is InChI=1S/C16H14Br2N2O3S/c1-24(22,23)20-7-6-10-8-11(2-5-15(10)20)16(21)19-14-9-12(17)3-4-13(14)18/h2-5,8-9H,6-7H2,1H3,(H,19,21). The molecular formula is C16H14Br2N2O3S. The van der Waals surface area contributed by atoms with Crippen LogP contribution in [0.4, 0.5) is 11.4 Å². The number of amides is 1. The number of anilines is 2. The van der Waals surface area contributed by atoms with Gasteiger partial charge in [0.2, 0.25) is 10.0 Å². The van der Waals surface area contributed by atoms with Crippen molar-refractivity contribution in [2.24, 2.45) is 0 Å². The third-order valence-electron chi connectivity index (χ3n) is 3.77. The summed E-state index contributed by atoms with van der Waals surface area (Å²) in [6, 6.07) is 10.6. The summed E-state index contributed by atoms with van der Waals surface area (Å²) in [6.45, 7) is 0.413. The lowest BCUT2D eigenvalue weighted by Gasteiger charge is -2.16. The zero-order valence-electron chi connectivity index (χ0n) is 12.7. The van der Waals surface area contributed by atoms with Crippen LogP contribution in [0.15, 0.2) is 45.3 Å². The topological polar surface area (TPSA) is 66.5 Å². The van der Waals surface area contributed by atoms with Crippen molar-refractivity contribution >= 4 is 59.2 Å². The number of hydrogen-bond acceptors (Lipinski definition) is 3. The molecule has 0 radical (unpaired) electrons. The first-order chi connectivity index (χ1) is 11.3. The van der Waals surface area contributed by atoms with E-state index in [1.165, 1.54) is 10.6 Å². The molecule has 0 saturated heterocycles. The molecule has 24 heavy (non-hydrogen) atoms. The molecule has 126 valence electrons. The Labute approximate surface area is 157 Å². The van der Waals surface area contributed by atoms with E-state index in [0.717, 1.165) is 14.5 Å². The highest BCUT2D eigenvalue weighted by atomic mass is 79.9. The van der Waals surface area contributed by atoms with E-state index < -0.39 is 10.0 Å². The molecule has 0 fully saturated rings. The van der Waals surface area contributed by atoms with Crippen molar-refractivity contribution in [1.29, 1.82) is 0 Å². The van der Waals surface area contributed by atoms with Crippen LogP contribution in [0.1, 0.15) is 15.9 Å². The van der Waals surface area contributed by atoms with Gasteiger partial charge in [-0.2, -0.15) is 0 Å². The minimum atomic E-state index is -3.29. The number of halogens is 2. The molecule has 0 aromatic heterocycles. The Hall–Kier alpha value is -1.38. The van der Waals surface area contributed by atoms with E-state index in [1.807, 2.05) is 12.1 Å². The van der Waals surface area contributed by atoms with E-state index in [-0.39, 0.29) is 5.91 Å². The molecule has 1 heterocycles. The van der Waals surface area contributed by atoms with Gasteiger partial charge in [0, 0.05) is 21.1 Å². The molecule has 1 N–H and O–H groups in total. The molecule has 0 saturated carbocycles. The summed E-state index contributed by atoms with van der Waals surface area (Å²) in [6.07, 6.45) is 1.79. The quantitative estimate of drug-likeness (QED) is 0.737. The second-order valence-corrected chi connectivity index (χ2v) is 9.18. The Morgan fingerprint density at radius 1 is 1.17 bits per heavy atom. The van der Waals surface area contributed by atoms with Crippen molar-refractivity contribution in [1.82, 2.24) is 0 Å². The predicted molar refractivity (Wildman–Crippen MR) is 102 cm³/mol. The first-order valence-electron chi connectivity index (χ1n) is 7.13. The smallest absolute Gasteiger partial charge is 0.255 e. The molecular weight excluding hydrogens is 460 g/mol. The lowest BCUT2D eigenvalue weighted by molar-refractivity contribution is 0.102. The van der Waals surface area contributed by atoms with E-state index in [0.29, 0.717) is 29.9 Å². The molecule has 1 aliphatic rings. The third kappa shape index (κ3) is 3.50. The number of sulfonamides is 1. The van der Waals surface area contributed by atoms with E-state index in [2.05, 4.69) is 37.2 Å².